The first-order valence-electron chi connectivity index (χ1n) is 11.6. The molecule has 0 fully saturated rings. The van der Waals surface area contributed by atoms with E-state index in [1.807, 2.05) is 0 Å². The average molecular weight is 522 g/mol. The molecule has 2 aromatic heterocycles. The van der Waals surface area contributed by atoms with Crippen molar-refractivity contribution in [2.75, 3.05) is 41.1 Å². The van der Waals surface area contributed by atoms with Crippen LogP contribution in [-0.4, -0.2) is 72.6 Å². The van der Waals surface area contributed by atoms with Crippen molar-refractivity contribution < 1.29 is 33.3 Å². The summed E-state index contributed by atoms with van der Waals surface area (Å²) in [5.74, 6) is 2.29. The van der Waals surface area contributed by atoms with Crippen LogP contribution < -0.4 is 29.0 Å². The first-order valence-corrected chi connectivity index (χ1v) is 11.6. The summed E-state index contributed by atoms with van der Waals surface area (Å²) < 4.78 is 28.8. The Labute approximate surface area is 218 Å². The topological polar surface area (TPSA) is 135 Å². The molecule has 0 saturated carbocycles. The standard InChI is InChI=1S/C26H27N5O7/c1-16(32)17-5-7-21(22(13-17)36-4)38-15-24(33)27-11-12-37-25-10-9-23-28-29-26(31(23)30-25)19-14-18(34-2)6-8-20(19)35-3/h5-10,13-14H,11-12,15H2,1-4H3,(H,27,33). The lowest BCUT2D eigenvalue weighted by atomic mass is 10.1. The summed E-state index contributed by atoms with van der Waals surface area (Å²) in [6.07, 6.45) is 0. The second-order valence-electron chi connectivity index (χ2n) is 7.94. The number of Topliss-reactive ketones (excluding diaryl/α,β-unsaturated/α-hetero) is 1. The molecular weight excluding hydrogens is 494 g/mol. The van der Waals surface area contributed by atoms with E-state index in [2.05, 4.69) is 20.6 Å². The summed E-state index contributed by atoms with van der Waals surface area (Å²) >= 11 is 0. The van der Waals surface area contributed by atoms with E-state index < -0.39 is 0 Å². The molecule has 0 unspecified atom stereocenters. The number of carbonyl (C=O) groups excluding carboxylic acids is 2. The van der Waals surface area contributed by atoms with Gasteiger partial charge in [-0.05, 0) is 49.4 Å². The molecule has 0 spiro atoms. The molecule has 38 heavy (non-hydrogen) atoms. The van der Waals surface area contributed by atoms with Gasteiger partial charge in [-0.3, -0.25) is 9.59 Å². The zero-order valence-electron chi connectivity index (χ0n) is 21.4. The summed E-state index contributed by atoms with van der Waals surface area (Å²) in [6.45, 7) is 1.62. The second kappa shape index (κ2) is 11.9. The first kappa shape index (κ1) is 26.2. The minimum atomic E-state index is -0.346. The summed E-state index contributed by atoms with van der Waals surface area (Å²) in [6, 6.07) is 13.5. The highest BCUT2D eigenvalue weighted by atomic mass is 16.5. The molecule has 0 bridgehead atoms. The highest BCUT2D eigenvalue weighted by Gasteiger charge is 2.16. The van der Waals surface area contributed by atoms with Crippen LogP contribution >= 0.6 is 0 Å². The van der Waals surface area contributed by atoms with Gasteiger partial charge >= 0.3 is 0 Å². The number of ketones is 1. The Hall–Kier alpha value is -4.87. The lowest BCUT2D eigenvalue weighted by Crippen LogP contribution is -2.32. The van der Waals surface area contributed by atoms with E-state index in [1.54, 1.807) is 67.3 Å². The van der Waals surface area contributed by atoms with E-state index in [0.29, 0.717) is 51.5 Å². The highest BCUT2D eigenvalue weighted by Crippen LogP contribution is 2.32. The number of hydrogen-bond donors (Lipinski definition) is 1. The van der Waals surface area contributed by atoms with E-state index in [9.17, 15) is 9.59 Å². The van der Waals surface area contributed by atoms with Crippen LogP contribution in [0.5, 0.6) is 28.9 Å². The number of carbonyl (C=O) groups is 2. The fraction of sp³-hybridized carbons (Fsp3) is 0.269. The van der Waals surface area contributed by atoms with Crippen LogP contribution in [0, 0.1) is 0 Å². The first-order chi connectivity index (χ1) is 18.4. The van der Waals surface area contributed by atoms with Gasteiger partial charge < -0.3 is 29.0 Å². The quantitative estimate of drug-likeness (QED) is 0.219. The van der Waals surface area contributed by atoms with Gasteiger partial charge in [0.25, 0.3) is 5.91 Å². The zero-order valence-corrected chi connectivity index (χ0v) is 21.4. The Morgan fingerprint density at radius 2 is 1.66 bits per heavy atom. The minimum absolute atomic E-state index is 0.0956. The Morgan fingerprint density at radius 3 is 2.39 bits per heavy atom. The number of rotatable bonds is 12. The van der Waals surface area contributed by atoms with Crippen molar-refractivity contribution in [2.24, 2.45) is 0 Å². The number of hydrogen-bond acceptors (Lipinski definition) is 10. The molecule has 0 radical (unpaired) electrons. The van der Waals surface area contributed by atoms with E-state index in [-0.39, 0.29) is 31.4 Å². The number of amides is 1. The van der Waals surface area contributed by atoms with Crippen LogP contribution in [0.3, 0.4) is 0 Å². The van der Waals surface area contributed by atoms with Gasteiger partial charge in [0.05, 0.1) is 33.4 Å². The Bertz CT molecular complexity index is 1450. The van der Waals surface area contributed by atoms with Gasteiger partial charge in [0.1, 0.15) is 18.1 Å². The molecule has 12 nitrogen and oxygen atoms in total. The molecule has 1 N–H and O–H groups in total. The van der Waals surface area contributed by atoms with Crippen molar-refractivity contribution in [1.82, 2.24) is 25.1 Å². The van der Waals surface area contributed by atoms with Gasteiger partial charge in [0.2, 0.25) is 5.88 Å². The molecule has 4 aromatic rings. The van der Waals surface area contributed by atoms with Gasteiger partial charge in [-0.1, -0.05) is 0 Å². The SMILES string of the molecule is COc1ccc(OC)c(-c2nnc3ccc(OCCNC(=O)COc4ccc(C(C)=O)cc4OC)nn23)c1. The van der Waals surface area contributed by atoms with Crippen LogP contribution in [0.15, 0.2) is 48.5 Å². The normalized spacial score (nSPS) is 10.6. The summed E-state index contributed by atoms with van der Waals surface area (Å²) in [5, 5.41) is 15.6. The molecule has 12 heteroatoms. The summed E-state index contributed by atoms with van der Waals surface area (Å²) in [7, 11) is 4.60. The van der Waals surface area contributed by atoms with E-state index in [0.717, 1.165) is 0 Å². The van der Waals surface area contributed by atoms with E-state index >= 15 is 0 Å². The zero-order chi connectivity index (χ0) is 27.1. The number of nitrogens with one attached hydrogen (secondary N) is 1. The Kier molecular flexibility index (Phi) is 8.21. The third-order valence-corrected chi connectivity index (χ3v) is 5.49. The van der Waals surface area contributed by atoms with Crippen molar-refractivity contribution in [2.45, 2.75) is 6.92 Å². The van der Waals surface area contributed by atoms with Crippen LogP contribution in [0.1, 0.15) is 17.3 Å². The third kappa shape index (κ3) is 5.91. The van der Waals surface area contributed by atoms with Crippen LogP contribution in [0.4, 0.5) is 0 Å². The number of nitrogens with zero attached hydrogens (tertiary/aromatic N) is 4. The highest BCUT2D eigenvalue weighted by molar-refractivity contribution is 5.94. The molecule has 0 aliphatic heterocycles. The Morgan fingerprint density at radius 1 is 0.868 bits per heavy atom. The molecule has 2 aromatic carbocycles. The monoisotopic (exact) mass is 521 g/mol. The smallest absolute Gasteiger partial charge is 0.258 e. The van der Waals surface area contributed by atoms with Gasteiger partial charge in [0, 0.05) is 11.6 Å². The number of ether oxygens (including phenoxy) is 5. The number of methoxy groups -OCH3 is 3. The molecule has 1 amide bonds. The fourth-order valence-electron chi connectivity index (χ4n) is 3.55. The lowest BCUT2D eigenvalue weighted by Gasteiger charge is -2.12. The molecule has 0 atom stereocenters. The van der Waals surface area contributed by atoms with Crippen LogP contribution in [0.25, 0.3) is 17.0 Å². The van der Waals surface area contributed by atoms with Crippen LogP contribution in [-0.2, 0) is 4.79 Å². The van der Waals surface area contributed by atoms with Crippen LogP contribution in [0.2, 0.25) is 0 Å². The fourth-order valence-corrected chi connectivity index (χ4v) is 3.55. The van der Waals surface area contributed by atoms with Crippen molar-refractivity contribution in [3.63, 3.8) is 0 Å². The van der Waals surface area contributed by atoms with E-state index in [1.165, 1.54) is 14.0 Å². The number of fused-ring (bicyclic) bond motifs is 1. The van der Waals surface area contributed by atoms with Crippen molar-refractivity contribution in [3.8, 4) is 40.3 Å². The maximum Gasteiger partial charge on any atom is 0.258 e. The largest absolute Gasteiger partial charge is 0.497 e. The third-order valence-electron chi connectivity index (χ3n) is 5.49. The summed E-state index contributed by atoms with van der Waals surface area (Å²) in [4.78, 5) is 23.7. The predicted molar refractivity (Wildman–Crippen MR) is 136 cm³/mol. The van der Waals surface area contributed by atoms with Gasteiger partial charge in [-0.2, -0.15) is 4.52 Å². The summed E-state index contributed by atoms with van der Waals surface area (Å²) in [5.41, 5.74) is 1.67. The molecule has 4 rings (SSSR count). The average Bonchev–Trinajstić information content (AvgIpc) is 3.36. The minimum Gasteiger partial charge on any atom is -0.497 e. The number of benzene rings is 2. The maximum atomic E-state index is 12.2. The molecule has 2 heterocycles. The number of aromatic nitrogens is 4. The Balaban J connectivity index is 1.34. The molecular formula is C26H27N5O7. The van der Waals surface area contributed by atoms with Gasteiger partial charge in [-0.15, -0.1) is 15.3 Å². The molecule has 0 aliphatic carbocycles. The van der Waals surface area contributed by atoms with E-state index in [4.69, 9.17) is 23.7 Å². The van der Waals surface area contributed by atoms with Crippen molar-refractivity contribution >= 4 is 17.3 Å². The molecule has 0 saturated heterocycles. The predicted octanol–water partition coefficient (Wildman–Crippen LogP) is 2.59. The van der Waals surface area contributed by atoms with Gasteiger partial charge in [0.15, 0.2) is 35.4 Å². The van der Waals surface area contributed by atoms with Gasteiger partial charge in [-0.25, -0.2) is 0 Å². The maximum absolute atomic E-state index is 12.2. The van der Waals surface area contributed by atoms with Crippen molar-refractivity contribution in [3.05, 3.63) is 54.1 Å². The molecule has 0 aliphatic rings. The van der Waals surface area contributed by atoms with Crippen molar-refractivity contribution in [1.29, 1.82) is 0 Å². The lowest BCUT2D eigenvalue weighted by molar-refractivity contribution is -0.123. The second-order valence-corrected chi connectivity index (χ2v) is 7.94. The molecule has 198 valence electrons.